The largest absolute Gasteiger partial charge is 0.497 e. The number of carbonyl (C=O) groups is 1. The Hall–Kier alpha value is -2.20. The Bertz CT molecular complexity index is 682. The van der Waals surface area contributed by atoms with Crippen LogP contribution >= 0.6 is 11.6 Å². The van der Waals surface area contributed by atoms with Gasteiger partial charge in [-0.1, -0.05) is 30.7 Å². The highest BCUT2D eigenvalue weighted by molar-refractivity contribution is 6.30. The van der Waals surface area contributed by atoms with Crippen molar-refractivity contribution in [2.45, 2.75) is 25.7 Å². The van der Waals surface area contributed by atoms with Crippen molar-refractivity contribution in [3.63, 3.8) is 0 Å². The fourth-order valence-electron chi connectivity index (χ4n) is 2.46. The Morgan fingerprint density at radius 2 is 1.92 bits per heavy atom. The number of hydrogen-bond acceptors (Lipinski definition) is 3. The van der Waals surface area contributed by atoms with E-state index in [1.54, 1.807) is 49.6 Å². The molecule has 0 bridgehead atoms. The number of ether oxygens (including phenoxy) is 2. The number of rotatable bonds is 8. The molecular weight excluding hydrogens is 328 g/mol. The van der Waals surface area contributed by atoms with Crippen LogP contribution in [0.25, 0.3) is 0 Å². The average molecular weight is 349 g/mol. The van der Waals surface area contributed by atoms with Gasteiger partial charge in [0.1, 0.15) is 11.5 Å². The van der Waals surface area contributed by atoms with Crippen LogP contribution in [-0.4, -0.2) is 24.8 Å². The van der Waals surface area contributed by atoms with Gasteiger partial charge in [0, 0.05) is 5.02 Å². The van der Waals surface area contributed by atoms with Gasteiger partial charge in [-0.3, -0.25) is 4.79 Å². The molecule has 0 aromatic heterocycles. The summed E-state index contributed by atoms with van der Waals surface area (Å²) >= 11 is 6.08. The molecule has 2 aromatic rings. The van der Waals surface area contributed by atoms with Gasteiger partial charge in [-0.25, -0.2) is 0 Å². The number of hydrogen-bond donors (Lipinski definition) is 1. The fraction of sp³-hybridized carbons (Fsp3) is 0.316. The van der Waals surface area contributed by atoms with Crippen LogP contribution in [-0.2, 0) is 11.2 Å². The molecule has 0 aliphatic heterocycles. The molecule has 2 rings (SSSR count). The monoisotopic (exact) mass is 348 g/mol. The van der Waals surface area contributed by atoms with E-state index in [2.05, 4.69) is 0 Å². The highest BCUT2D eigenvalue weighted by Gasteiger charge is 2.22. The molecule has 1 atom stereocenters. The Morgan fingerprint density at radius 1 is 1.21 bits per heavy atom. The Labute approximate surface area is 147 Å². The smallest absolute Gasteiger partial charge is 0.311 e. The molecule has 0 saturated heterocycles. The minimum absolute atomic E-state index is 0.307. The van der Waals surface area contributed by atoms with Gasteiger partial charge in [-0.2, -0.15) is 0 Å². The van der Waals surface area contributed by atoms with Crippen molar-refractivity contribution in [1.82, 2.24) is 0 Å². The molecule has 5 heteroatoms. The van der Waals surface area contributed by atoms with Gasteiger partial charge in [0.05, 0.1) is 19.6 Å². The van der Waals surface area contributed by atoms with E-state index in [9.17, 15) is 9.90 Å². The summed E-state index contributed by atoms with van der Waals surface area (Å²) in [4.78, 5) is 11.8. The maximum absolute atomic E-state index is 11.8. The summed E-state index contributed by atoms with van der Waals surface area (Å²) in [6, 6.07) is 12.4. The third kappa shape index (κ3) is 4.65. The molecule has 2 aromatic carbocycles. The average Bonchev–Trinajstić information content (AvgIpc) is 2.58. The molecule has 0 spiro atoms. The van der Waals surface area contributed by atoms with E-state index in [4.69, 9.17) is 21.1 Å². The van der Waals surface area contributed by atoms with E-state index in [-0.39, 0.29) is 0 Å². The third-order valence-electron chi connectivity index (χ3n) is 3.72. The Kier molecular flexibility index (Phi) is 6.50. The molecule has 0 radical (unpaired) electrons. The van der Waals surface area contributed by atoms with Crippen molar-refractivity contribution in [1.29, 1.82) is 0 Å². The zero-order valence-corrected chi connectivity index (χ0v) is 14.5. The Morgan fingerprint density at radius 3 is 2.50 bits per heavy atom. The van der Waals surface area contributed by atoms with Crippen molar-refractivity contribution in [2.24, 2.45) is 0 Å². The number of carboxylic acids is 1. The molecule has 1 unspecified atom stereocenters. The minimum atomic E-state index is -0.887. The summed E-state index contributed by atoms with van der Waals surface area (Å²) < 4.78 is 10.8. The molecule has 128 valence electrons. The predicted molar refractivity (Wildman–Crippen MR) is 94.3 cm³/mol. The quantitative estimate of drug-likeness (QED) is 0.760. The second-order valence-corrected chi connectivity index (χ2v) is 5.91. The van der Waals surface area contributed by atoms with E-state index in [1.165, 1.54) is 0 Å². The normalized spacial score (nSPS) is 11.8. The van der Waals surface area contributed by atoms with E-state index in [0.29, 0.717) is 35.1 Å². The molecule has 24 heavy (non-hydrogen) atoms. The van der Waals surface area contributed by atoms with Crippen molar-refractivity contribution >= 4 is 17.6 Å². The van der Waals surface area contributed by atoms with Gasteiger partial charge in [-0.05, 0) is 54.3 Å². The van der Waals surface area contributed by atoms with Crippen molar-refractivity contribution in [2.75, 3.05) is 13.7 Å². The predicted octanol–water partition coefficient (Wildman–Crippen LogP) is 4.55. The first-order valence-electron chi connectivity index (χ1n) is 7.83. The van der Waals surface area contributed by atoms with E-state index >= 15 is 0 Å². The molecule has 0 aliphatic rings. The first kappa shape index (κ1) is 18.1. The summed E-state index contributed by atoms with van der Waals surface area (Å²) in [5, 5.41) is 10.2. The molecular formula is C19H21ClO4. The van der Waals surface area contributed by atoms with Crippen LogP contribution in [0.15, 0.2) is 42.5 Å². The van der Waals surface area contributed by atoms with Gasteiger partial charge >= 0.3 is 5.97 Å². The number of methoxy groups -OCH3 is 1. The summed E-state index contributed by atoms with van der Waals surface area (Å²) in [6.45, 7) is 2.60. The lowest BCUT2D eigenvalue weighted by Crippen LogP contribution is -2.15. The SMILES string of the molecule is CCCOc1ccc(Cl)cc1CC(C(=O)O)c1ccc(OC)cc1. The number of halogens is 1. The fourth-order valence-corrected chi connectivity index (χ4v) is 2.66. The molecule has 0 aliphatic carbocycles. The van der Waals surface area contributed by atoms with Crippen LogP contribution in [0.5, 0.6) is 11.5 Å². The number of aliphatic carboxylic acids is 1. The van der Waals surface area contributed by atoms with Gasteiger partial charge in [0.2, 0.25) is 0 Å². The van der Waals surface area contributed by atoms with Crippen LogP contribution in [0, 0.1) is 0 Å². The van der Waals surface area contributed by atoms with Gasteiger partial charge in [0.15, 0.2) is 0 Å². The number of benzene rings is 2. The lowest BCUT2D eigenvalue weighted by Gasteiger charge is -2.17. The first-order chi connectivity index (χ1) is 11.5. The van der Waals surface area contributed by atoms with Crippen molar-refractivity contribution in [3.8, 4) is 11.5 Å². The Balaban J connectivity index is 2.29. The molecule has 0 amide bonds. The highest BCUT2D eigenvalue weighted by atomic mass is 35.5. The maximum atomic E-state index is 11.8. The topological polar surface area (TPSA) is 55.8 Å². The summed E-state index contributed by atoms with van der Waals surface area (Å²) in [5.74, 6) is -0.196. The second-order valence-electron chi connectivity index (χ2n) is 5.47. The standard InChI is InChI=1S/C19H21ClO4/c1-3-10-24-18-9-6-15(20)11-14(18)12-17(19(21)22)13-4-7-16(23-2)8-5-13/h4-9,11,17H,3,10,12H2,1-2H3,(H,21,22). The summed E-state index contributed by atoms with van der Waals surface area (Å²) in [6.07, 6.45) is 1.18. The van der Waals surface area contributed by atoms with Crippen LogP contribution in [0.4, 0.5) is 0 Å². The van der Waals surface area contributed by atoms with Crippen molar-refractivity contribution in [3.05, 3.63) is 58.6 Å². The van der Waals surface area contributed by atoms with Gasteiger partial charge < -0.3 is 14.6 Å². The third-order valence-corrected chi connectivity index (χ3v) is 3.96. The molecule has 0 saturated carbocycles. The van der Waals surface area contributed by atoms with Gasteiger partial charge in [0.25, 0.3) is 0 Å². The first-order valence-corrected chi connectivity index (χ1v) is 8.21. The van der Waals surface area contributed by atoms with Crippen LogP contribution < -0.4 is 9.47 Å². The van der Waals surface area contributed by atoms with Crippen molar-refractivity contribution < 1.29 is 19.4 Å². The van der Waals surface area contributed by atoms with Crippen LogP contribution in [0.1, 0.15) is 30.4 Å². The highest BCUT2D eigenvalue weighted by Crippen LogP contribution is 2.30. The summed E-state index contributed by atoms with van der Waals surface area (Å²) in [5.41, 5.74) is 1.50. The summed E-state index contributed by atoms with van der Waals surface area (Å²) in [7, 11) is 1.58. The zero-order valence-electron chi connectivity index (χ0n) is 13.8. The van der Waals surface area contributed by atoms with Crippen LogP contribution in [0.3, 0.4) is 0 Å². The minimum Gasteiger partial charge on any atom is -0.497 e. The van der Waals surface area contributed by atoms with E-state index < -0.39 is 11.9 Å². The molecule has 0 fully saturated rings. The molecule has 4 nitrogen and oxygen atoms in total. The van der Waals surface area contributed by atoms with E-state index in [0.717, 1.165) is 12.0 Å². The lowest BCUT2D eigenvalue weighted by atomic mass is 9.91. The zero-order chi connectivity index (χ0) is 17.5. The number of carboxylic acid groups (broad SMARTS) is 1. The maximum Gasteiger partial charge on any atom is 0.311 e. The van der Waals surface area contributed by atoms with E-state index in [1.807, 2.05) is 6.92 Å². The second kappa shape index (κ2) is 8.60. The van der Waals surface area contributed by atoms with Gasteiger partial charge in [-0.15, -0.1) is 0 Å². The molecule has 1 N–H and O–H groups in total. The van der Waals surface area contributed by atoms with Crippen LogP contribution in [0.2, 0.25) is 5.02 Å². The molecule has 0 heterocycles. The lowest BCUT2D eigenvalue weighted by molar-refractivity contribution is -0.138.